The van der Waals surface area contributed by atoms with Crippen LogP contribution >= 0.6 is 0 Å². The number of benzene rings is 2. The fourth-order valence-electron chi connectivity index (χ4n) is 3.01. The van der Waals surface area contributed by atoms with Gasteiger partial charge in [-0.05, 0) is 55.3 Å². The summed E-state index contributed by atoms with van der Waals surface area (Å²) in [6, 6.07) is 16.1. The lowest BCUT2D eigenvalue weighted by Gasteiger charge is -2.05. The van der Waals surface area contributed by atoms with Crippen LogP contribution in [0.2, 0.25) is 0 Å². The lowest BCUT2D eigenvalue weighted by Crippen LogP contribution is -2.26. The van der Waals surface area contributed by atoms with Gasteiger partial charge in [-0.1, -0.05) is 12.1 Å². The molecule has 6 heteroatoms. The number of rotatable bonds is 4. The normalized spacial score (nSPS) is 11.2. The third-order valence-corrected chi connectivity index (χ3v) is 4.17. The molecule has 0 saturated heterocycles. The second-order valence-electron chi connectivity index (χ2n) is 5.88. The first-order valence-corrected chi connectivity index (χ1v) is 8.31. The number of hydrogen-bond acceptors (Lipinski definition) is 4. The van der Waals surface area contributed by atoms with Gasteiger partial charge in [-0.15, -0.1) is 9.67 Å². The second-order valence-corrected chi connectivity index (χ2v) is 5.88. The van der Waals surface area contributed by atoms with E-state index < -0.39 is 0 Å². The first-order valence-electron chi connectivity index (χ1n) is 8.31. The van der Waals surface area contributed by atoms with Crippen molar-refractivity contribution in [3.05, 3.63) is 54.2 Å². The van der Waals surface area contributed by atoms with E-state index in [1.807, 2.05) is 61.7 Å². The third-order valence-electron chi connectivity index (χ3n) is 4.17. The van der Waals surface area contributed by atoms with Crippen molar-refractivity contribution in [1.82, 2.24) is 14.8 Å². The minimum absolute atomic E-state index is 0.657. The molecule has 4 aromatic rings. The van der Waals surface area contributed by atoms with E-state index in [-0.39, 0.29) is 0 Å². The van der Waals surface area contributed by atoms with Gasteiger partial charge in [0.25, 0.3) is 0 Å². The molecular formula is C19H20N5O+. The highest BCUT2D eigenvalue weighted by Crippen LogP contribution is 2.20. The Bertz CT molecular complexity index is 1050. The van der Waals surface area contributed by atoms with Crippen molar-refractivity contribution < 1.29 is 9.14 Å². The van der Waals surface area contributed by atoms with E-state index in [1.54, 1.807) is 4.68 Å². The molecule has 25 heavy (non-hydrogen) atoms. The monoisotopic (exact) mass is 334 g/mol. The zero-order valence-corrected chi connectivity index (χ0v) is 14.5. The van der Waals surface area contributed by atoms with E-state index in [9.17, 15) is 0 Å². The van der Waals surface area contributed by atoms with Crippen molar-refractivity contribution >= 4 is 28.3 Å². The molecule has 0 fully saturated rings. The molecule has 0 aliphatic rings. The van der Waals surface area contributed by atoms with Crippen molar-refractivity contribution in [2.75, 3.05) is 11.9 Å². The van der Waals surface area contributed by atoms with Crippen LogP contribution in [0.4, 0.5) is 11.6 Å². The van der Waals surface area contributed by atoms with E-state index in [1.165, 1.54) is 0 Å². The van der Waals surface area contributed by atoms with Gasteiger partial charge in [-0.25, -0.2) is 0 Å². The Balaban J connectivity index is 1.83. The molecule has 0 unspecified atom stereocenters. The Morgan fingerprint density at radius 1 is 1.12 bits per heavy atom. The molecule has 0 atom stereocenters. The third kappa shape index (κ3) is 2.65. The molecule has 0 aliphatic carbocycles. The summed E-state index contributed by atoms with van der Waals surface area (Å²) in [6.07, 6.45) is 0. The van der Waals surface area contributed by atoms with E-state index in [0.29, 0.717) is 6.61 Å². The zero-order valence-electron chi connectivity index (χ0n) is 14.5. The van der Waals surface area contributed by atoms with Gasteiger partial charge in [-0.3, -0.25) is 5.32 Å². The summed E-state index contributed by atoms with van der Waals surface area (Å²) >= 11 is 0. The van der Waals surface area contributed by atoms with Gasteiger partial charge in [0.05, 0.1) is 30.6 Å². The Hall–Kier alpha value is -3.15. The molecule has 2 aromatic heterocycles. The SMILES string of the molecule is CCOc1ccc(Nc2nn(C)c3nc(C)c4ccccc4[n+]23)cc1. The van der Waals surface area contributed by atoms with Crippen LogP contribution in [0.3, 0.4) is 0 Å². The Morgan fingerprint density at radius 3 is 2.64 bits per heavy atom. The number of hydrogen-bond donors (Lipinski definition) is 1. The van der Waals surface area contributed by atoms with Crippen LogP contribution in [0.25, 0.3) is 16.7 Å². The van der Waals surface area contributed by atoms with Gasteiger partial charge in [0, 0.05) is 5.39 Å². The lowest BCUT2D eigenvalue weighted by atomic mass is 10.2. The molecule has 2 aromatic carbocycles. The highest BCUT2D eigenvalue weighted by molar-refractivity contribution is 5.79. The topological polar surface area (TPSA) is 56.1 Å². The van der Waals surface area contributed by atoms with Gasteiger partial charge in [0.1, 0.15) is 5.75 Å². The summed E-state index contributed by atoms with van der Waals surface area (Å²) in [5.41, 5.74) is 3.01. The molecule has 0 saturated carbocycles. The number of ether oxygens (including phenoxy) is 1. The Labute approximate surface area is 145 Å². The fraction of sp³-hybridized carbons (Fsp3) is 0.211. The molecule has 0 radical (unpaired) electrons. The van der Waals surface area contributed by atoms with Crippen LogP contribution in [0.5, 0.6) is 5.75 Å². The molecule has 4 rings (SSSR count). The first-order chi connectivity index (χ1) is 12.2. The number of nitrogens with one attached hydrogen (secondary N) is 1. The Kier molecular flexibility index (Phi) is 3.72. The van der Waals surface area contributed by atoms with Crippen molar-refractivity contribution in [2.45, 2.75) is 13.8 Å². The molecule has 0 aliphatic heterocycles. The smallest absolute Gasteiger partial charge is 0.358 e. The summed E-state index contributed by atoms with van der Waals surface area (Å²) in [6.45, 7) is 4.66. The molecule has 126 valence electrons. The number of para-hydroxylation sites is 1. The second kappa shape index (κ2) is 6.05. The maximum atomic E-state index is 5.49. The number of nitrogens with zero attached hydrogens (tertiary/aromatic N) is 4. The van der Waals surface area contributed by atoms with Crippen LogP contribution < -0.4 is 14.5 Å². The maximum absolute atomic E-state index is 5.49. The van der Waals surface area contributed by atoms with Gasteiger partial charge >= 0.3 is 11.7 Å². The van der Waals surface area contributed by atoms with Crippen molar-refractivity contribution in [3.8, 4) is 5.75 Å². The van der Waals surface area contributed by atoms with Crippen molar-refractivity contribution in [3.63, 3.8) is 0 Å². The van der Waals surface area contributed by atoms with Crippen LogP contribution in [0, 0.1) is 6.92 Å². The van der Waals surface area contributed by atoms with E-state index in [0.717, 1.165) is 39.8 Å². The van der Waals surface area contributed by atoms with Gasteiger partial charge in [0.2, 0.25) is 0 Å². The molecule has 6 nitrogen and oxygen atoms in total. The molecule has 0 amide bonds. The highest BCUT2D eigenvalue weighted by atomic mass is 16.5. The summed E-state index contributed by atoms with van der Waals surface area (Å²) in [4.78, 5) is 4.71. The number of fused-ring (bicyclic) bond motifs is 3. The number of aromatic nitrogens is 4. The molecular weight excluding hydrogens is 314 g/mol. The first kappa shape index (κ1) is 15.4. The van der Waals surface area contributed by atoms with Crippen LogP contribution in [-0.2, 0) is 7.05 Å². The molecule has 0 spiro atoms. The largest absolute Gasteiger partial charge is 0.494 e. The van der Waals surface area contributed by atoms with Crippen LogP contribution in [-0.4, -0.2) is 21.4 Å². The fourth-order valence-corrected chi connectivity index (χ4v) is 3.01. The Morgan fingerprint density at radius 2 is 1.88 bits per heavy atom. The molecule has 1 N–H and O–H groups in total. The average Bonchev–Trinajstić information content (AvgIpc) is 2.93. The van der Waals surface area contributed by atoms with Gasteiger partial charge < -0.3 is 4.74 Å². The zero-order chi connectivity index (χ0) is 17.4. The summed E-state index contributed by atoms with van der Waals surface area (Å²) in [5.74, 6) is 2.38. The standard InChI is InChI=1S/C19H20N5O/c1-4-25-15-11-9-14(10-12-15)21-18-22-23(3)19-20-13(2)16-7-5-6-8-17(16)24(18)19/h5-12H,4H2,1-3H3,(H,21,22)/q+1. The average molecular weight is 334 g/mol. The predicted octanol–water partition coefficient (Wildman–Crippen LogP) is 3.16. The summed E-state index contributed by atoms with van der Waals surface area (Å²) < 4.78 is 9.32. The molecule has 0 bridgehead atoms. The highest BCUT2D eigenvalue weighted by Gasteiger charge is 2.21. The quantitative estimate of drug-likeness (QED) is 0.583. The maximum Gasteiger partial charge on any atom is 0.358 e. The minimum Gasteiger partial charge on any atom is -0.494 e. The minimum atomic E-state index is 0.657. The molecule has 2 heterocycles. The van der Waals surface area contributed by atoms with Gasteiger partial charge in [-0.2, -0.15) is 4.40 Å². The van der Waals surface area contributed by atoms with E-state index in [2.05, 4.69) is 22.5 Å². The van der Waals surface area contributed by atoms with E-state index >= 15 is 0 Å². The summed E-state index contributed by atoms with van der Waals surface area (Å²) in [7, 11) is 1.90. The number of anilines is 2. The van der Waals surface area contributed by atoms with Crippen molar-refractivity contribution in [1.29, 1.82) is 0 Å². The number of aryl methyl sites for hydroxylation is 2. The summed E-state index contributed by atoms with van der Waals surface area (Å²) in [5, 5.41) is 9.11. The predicted molar refractivity (Wildman–Crippen MR) is 97.3 cm³/mol. The van der Waals surface area contributed by atoms with Gasteiger partial charge in [0.15, 0.2) is 0 Å². The van der Waals surface area contributed by atoms with Crippen molar-refractivity contribution in [2.24, 2.45) is 7.05 Å². The lowest BCUT2D eigenvalue weighted by molar-refractivity contribution is -0.468. The van der Waals surface area contributed by atoms with Crippen LogP contribution in [0.1, 0.15) is 12.6 Å². The van der Waals surface area contributed by atoms with E-state index in [4.69, 9.17) is 9.72 Å². The van der Waals surface area contributed by atoms with Crippen LogP contribution in [0.15, 0.2) is 48.5 Å².